The fourth-order valence-electron chi connectivity index (χ4n) is 5.31. The second-order valence-corrected chi connectivity index (χ2v) is 9.59. The average Bonchev–Trinajstić information content (AvgIpc) is 3.29. The Morgan fingerprint density at radius 2 is 1.97 bits per heavy atom. The highest BCUT2D eigenvalue weighted by atomic mass is 19.1. The fourth-order valence-corrected chi connectivity index (χ4v) is 5.31. The molecule has 1 aromatic rings. The molecular formula is C24H35FN2O5. The molecule has 7 nitrogen and oxygen atoms in total. The maximum atomic E-state index is 13.4. The van der Waals surface area contributed by atoms with Crippen LogP contribution in [0.5, 0.6) is 0 Å². The number of aliphatic hydroxyl groups is 1. The van der Waals surface area contributed by atoms with E-state index in [4.69, 9.17) is 14.6 Å². The Bertz CT molecular complexity index is 777. The Morgan fingerprint density at radius 3 is 2.59 bits per heavy atom. The summed E-state index contributed by atoms with van der Waals surface area (Å²) in [7, 11) is 0. The molecule has 8 heteroatoms. The number of hydrogen-bond donors (Lipinski definition) is 3. The standard InChI is InChI=1S/C23H33FN2O3.CH2O2/c1-22(25-21(28)18-6-2-3-7-18)16-23(29-15-20(22)27)9-11-26(12-10-23)14-17-5-4-8-19(24)13-17;2-1-3/h4-5,8,13,18,20,27H,2-3,6-7,9-12,14-16H2,1H3,(H,25,28);1H,(H,2,3)/t20-,22-;/m1./s1. The third-order valence-electron chi connectivity index (χ3n) is 7.17. The number of halogens is 1. The summed E-state index contributed by atoms with van der Waals surface area (Å²) in [6.07, 6.45) is 5.78. The molecule has 0 bridgehead atoms. The third kappa shape index (κ3) is 6.05. The van der Waals surface area contributed by atoms with Crippen molar-refractivity contribution >= 4 is 12.4 Å². The van der Waals surface area contributed by atoms with Gasteiger partial charge in [0.05, 0.1) is 17.7 Å². The largest absolute Gasteiger partial charge is 0.483 e. The van der Waals surface area contributed by atoms with Crippen LogP contribution >= 0.6 is 0 Å². The number of benzene rings is 1. The van der Waals surface area contributed by atoms with Gasteiger partial charge < -0.3 is 20.3 Å². The molecule has 1 saturated carbocycles. The molecule has 1 aliphatic carbocycles. The molecular weight excluding hydrogens is 415 g/mol. The smallest absolute Gasteiger partial charge is 0.290 e. The molecule has 3 N–H and O–H groups in total. The number of carboxylic acid groups (broad SMARTS) is 1. The molecule has 2 heterocycles. The fraction of sp³-hybridized carbons (Fsp3) is 0.667. The van der Waals surface area contributed by atoms with E-state index < -0.39 is 11.6 Å². The van der Waals surface area contributed by atoms with E-state index >= 15 is 0 Å². The molecule has 1 amide bonds. The molecule has 0 aromatic heterocycles. The van der Waals surface area contributed by atoms with Gasteiger partial charge in [-0.2, -0.15) is 0 Å². The number of likely N-dealkylation sites (tertiary alicyclic amines) is 1. The lowest BCUT2D eigenvalue weighted by Gasteiger charge is -2.52. The number of piperidine rings is 1. The monoisotopic (exact) mass is 450 g/mol. The minimum atomic E-state index is -0.691. The molecule has 2 aliphatic heterocycles. The van der Waals surface area contributed by atoms with Crippen LogP contribution in [0.1, 0.15) is 57.4 Å². The summed E-state index contributed by atoms with van der Waals surface area (Å²) >= 11 is 0. The zero-order valence-electron chi connectivity index (χ0n) is 18.8. The Hall–Kier alpha value is -2.03. The molecule has 4 rings (SSSR count). The van der Waals surface area contributed by atoms with Crippen molar-refractivity contribution in [2.24, 2.45) is 5.92 Å². The molecule has 0 radical (unpaired) electrons. The van der Waals surface area contributed by atoms with Crippen LogP contribution in [0.25, 0.3) is 0 Å². The van der Waals surface area contributed by atoms with Crippen LogP contribution in [0.4, 0.5) is 4.39 Å². The van der Waals surface area contributed by atoms with Gasteiger partial charge in [0.1, 0.15) is 11.9 Å². The molecule has 2 atom stereocenters. The second kappa shape index (κ2) is 10.7. The summed E-state index contributed by atoms with van der Waals surface area (Å²) in [4.78, 5) is 23.4. The number of aliphatic hydroxyl groups excluding tert-OH is 1. The van der Waals surface area contributed by atoms with Crippen LogP contribution in [-0.4, -0.2) is 64.4 Å². The van der Waals surface area contributed by atoms with Gasteiger partial charge in [-0.05, 0) is 50.3 Å². The SMILES string of the molecule is C[C@@]1(NC(=O)C2CCCC2)CC2(CCN(Cc3cccc(F)c3)CC2)OC[C@H]1O.O=CO. The first kappa shape index (κ1) is 24.6. The van der Waals surface area contributed by atoms with E-state index in [-0.39, 0.29) is 36.3 Å². The number of rotatable bonds is 4. The number of carbonyl (C=O) groups excluding carboxylic acids is 1. The van der Waals surface area contributed by atoms with Crippen molar-refractivity contribution < 1.29 is 28.9 Å². The minimum Gasteiger partial charge on any atom is -0.483 e. The minimum absolute atomic E-state index is 0.0876. The highest BCUT2D eigenvalue weighted by Gasteiger charge is 2.50. The number of carbonyl (C=O) groups is 2. The maximum Gasteiger partial charge on any atom is 0.290 e. The van der Waals surface area contributed by atoms with Crippen LogP contribution in [0.3, 0.4) is 0 Å². The number of nitrogens with zero attached hydrogens (tertiary/aromatic N) is 1. The highest BCUT2D eigenvalue weighted by molar-refractivity contribution is 5.79. The lowest BCUT2D eigenvalue weighted by atomic mass is 9.74. The topological polar surface area (TPSA) is 99.1 Å². The highest BCUT2D eigenvalue weighted by Crippen LogP contribution is 2.40. The molecule has 32 heavy (non-hydrogen) atoms. The van der Waals surface area contributed by atoms with Gasteiger partial charge in [-0.25, -0.2) is 4.39 Å². The van der Waals surface area contributed by atoms with Gasteiger partial charge in [-0.3, -0.25) is 14.5 Å². The molecule has 1 spiro atoms. The number of amides is 1. The molecule has 178 valence electrons. The lowest BCUT2D eigenvalue weighted by molar-refractivity contribution is -0.182. The molecule has 1 aromatic carbocycles. The molecule has 3 fully saturated rings. The quantitative estimate of drug-likeness (QED) is 0.610. The summed E-state index contributed by atoms with van der Waals surface area (Å²) in [5.41, 5.74) is 0.0208. The van der Waals surface area contributed by atoms with Crippen molar-refractivity contribution in [1.29, 1.82) is 0 Å². The Morgan fingerprint density at radius 1 is 1.31 bits per heavy atom. The molecule has 0 unspecified atom stereocenters. The molecule has 2 saturated heterocycles. The van der Waals surface area contributed by atoms with Crippen LogP contribution in [0.2, 0.25) is 0 Å². The van der Waals surface area contributed by atoms with E-state index in [9.17, 15) is 14.3 Å². The first-order valence-corrected chi connectivity index (χ1v) is 11.5. The second-order valence-electron chi connectivity index (χ2n) is 9.59. The van der Waals surface area contributed by atoms with Crippen molar-refractivity contribution in [1.82, 2.24) is 10.2 Å². The van der Waals surface area contributed by atoms with Crippen molar-refractivity contribution in [3.05, 3.63) is 35.6 Å². The van der Waals surface area contributed by atoms with Gasteiger partial charge in [-0.1, -0.05) is 25.0 Å². The summed E-state index contributed by atoms with van der Waals surface area (Å²) in [6, 6.07) is 6.76. The van der Waals surface area contributed by atoms with Crippen molar-refractivity contribution in [3.8, 4) is 0 Å². The zero-order chi connectivity index (χ0) is 23.2. The average molecular weight is 451 g/mol. The van der Waals surface area contributed by atoms with E-state index in [1.165, 1.54) is 6.07 Å². The Labute approximate surface area is 188 Å². The van der Waals surface area contributed by atoms with Gasteiger partial charge in [0, 0.05) is 32.0 Å². The van der Waals surface area contributed by atoms with Gasteiger partial charge in [0.25, 0.3) is 6.47 Å². The third-order valence-corrected chi connectivity index (χ3v) is 7.17. The Balaban J connectivity index is 0.000000913. The van der Waals surface area contributed by atoms with Gasteiger partial charge >= 0.3 is 0 Å². The van der Waals surface area contributed by atoms with Crippen LogP contribution < -0.4 is 5.32 Å². The summed E-state index contributed by atoms with van der Waals surface area (Å²) in [6.45, 7) is 4.42. The first-order valence-electron chi connectivity index (χ1n) is 11.5. The van der Waals surface area contributed by atoms with E-state index in [0.717, 1.165) is 63.7 Å². The summed E-state index contributed by atoms with van der Waals surface area (Å²) < 4.78 is 19.6. The van der Waals surface area contributed by atoms with E-state index in [0.29, 0.717) is 6.42 Å². The van der Waals surface area contributed by atoms with Crippen molar-refractivity contribution in [2.45, 2.75) is 75.7 Å². The van der Waals surface area contributed by atoms with Gasteiger partial charge in [0.2, 0.25) is 5.91 Å². The first-order chi connectivity index (χ1) is 15.3. The van der Waals surface area contributed by atoms with Crippen LogP contribution in [-0.2, 0) is 20.9 Å². The number of hydrogen-bond acceptors (Lipinski definition) is 5. The lowest BCUT2D eigenvalue weighted by Crippen LogP contribution is -2.66. The van der Waals surface area contributed by atoms with Crippen molar-refractivity contribution in [3.63, 3.8) is 0 Å². The molecule has 3 aliphatic rings. The summed E-state index contributed by atoms with van der Waals surface area (Å²) in [5.74, 6) is -0.0232. The number of ether oxygens (including phenoxy) is 1. The Kier molecular flexibility index (Phi) is 8.25. The maximum absolute atomic E-state index is 13.4. The predicted molar refractivity (Wildman–Crippen MR) is 117 cm³/mol. The van der Waals surface area contributed by atoms with Gasteiger partial charge in [0.15, 0.2) is 0 Å². The van der Waals surface area contributed by atoms with Gasteiger partial charge in [-0.15, -0.1) is 0 Å². The van der Waals surface area contributed by atoms with E-state index in [1.54, 1.807) is 12.1 Å². The zero-order valence-corrected chi connectivity index (χ0v) is 18.8. The normalized spacial score (nSPS) is 28.0. The number of nitrogens with one attached hydrogen (secondary N) is 1. The van der Waals surface area contributed by atoms with E-state index in [1.807, 2.05) is 13.0 Å². The van der Waals surface area contributed by atoms with Crippen LogP contribution in [0.15, 0.2) is 24.3 Å². The predicted octanol–water partition coefficient (Wildman–Crippen LogP) is 2.71. The van der Waals surface area contributed by atoms with E-state index in [2.05, 4.69) is 10.2 Å². The van der Waals surface area contributed by atoms with Crippen molar-refractivity contribution in [2.75, 3.05) is 19.7 Å². The summed E-state index contributed by atoms with van der Waals surface area (Å²) in [5, 5.41) is 20.7. The van der Waals surface area contributed by atoms with Crippen LogP contribution in [0, 0.1) is 11.7 Å².